The average molecular weight is 406 g/mol. The zero-order valence-electron chi connectivity index (χ0n) is 15.9. The predicted molar refractivity (Wildman–Crippen MR) is 112 cm³/mol. The molecule has 0 saturated carbocycles. The van der Waals surface area contributed by atoms with Crippen LogP contribution in [0.1, 0.15) is 28.9 Å². The molecule has 7 nitrogen and oxygen atoms in total. The first-order chi connectivity index (χ1) is 14.0. The van der Waals surface area contributed by atoms with E-state index in [2.05, 4.69) is 20.3 Å². The Balaban J connectivity index is 1.55. The molecule has 0 unspecified atom stereocenters. The van der Waals surface area contributed by atoms with Crippen molar-refractivity contribution in [1.82, 2.24) is 15.0 Å². The van der Waals surface area contributed by atoms with Crippen LogP contribution in [-0.2, 0) is 6.42 Å². The number of nitrogens with one attached hydrogen (secondary N) is 2. The van der Waals surface area contributed by atoms with Crippen LogP contribution < -0.4 is 10.9 Å². The Morgan fingerprint density at radius 1 is 1.21 bits per heavy atom. The summed E-state index contributed by atoms with van der Waals surface area (Å²) in [6.45, 7) is 3.80. The fourth-order valence-electron chi connectivity index (χ4n) is 2.81. The van der Waals surface area contributed by atoms with Crippen molar-refractivity contribution >= 4 is 22.9 Å². The minimum Gasteiger partial charge on any atom is -0.459 e. The number of carbonyl (C=O) groups is 1. The number of hydrogen-bond donors (Lipinski definition) is 2. The van der Waals surface area contributed by atoms with Gasteiger partial charge < -0.3 is 14.7 Å². The van der Waals surface area contributed by atoms with Crippen LogP contribution in [-0.4, -0.2) is 20.9 Å². The van der Waals surface area contributed by atoms with E-state index in [0.29, 0.717) is 45.7 Å². The second-order valence-corrected chi connectivity index (χ2v) is 7.28. The van der Waals surface area contributed by atoms with E-state index in [1.807, 2.05) is 32.0 Å². The lowest BCUT2D eigenvalue weighted by molar-refractivity contribution is 0.102. The van der Waals surface area contributed by atoms with Crippen molar-refractivity contribution in [2.75, 3.05) is 5.32 Å². The van der Waals surface area contributed by atoms with Gasteiger partial charge >= 0.3 is 0 Å². The van der Waals surface area contributed by atoms with Crippen LogP contribution in [0.25, 0.3) is 22.2 Å². The van der Waals surface area contributed by atoms with Crippen LogP contribution in [0, 0.1) is 6.92 Å². The zero-order valence-corrected chi connectivity index (χ0v) is 16.7. The number of furan rings is 1. The van der Waals surface area contributed by atoms with Gasteiger partial charge in [0.05, 0.1) is 0 Å². The van der Waals surface area contributed by atoms with Gasteiger partial charge in [-0.05, 0) is 37.6 Å². The van der Waals surface area contributed by atoms with Gasteiger partial charge in [-0.1, -0.05) is 19.1 Å². The van der Waals surface area contributed by atoms with E-state index in [1.165, 1.54) is 17.4 Å². The highest BCUT2D eigenvalue weighted by Crippen LogP contribution is 2.26. The Morgan fingerprint density at radius 3 is 2.83 bits per heavy atom. The minimum absolute atomic E-state index is 0.204. The van der Waals surface area contributed by atoms with E-state index in [4.69, 9.17) is 4.42 Å². The van der Waals surface area contributed by atoms with E-state index < -0.39 is 0 Å². The fraction of sp³-hybridized carbons (Fsp3) is 0.143. The number of amides is 1. The summed E-state index contributed by atoms with van der Waals surface area (Å²) in [5.41, 5.74) is 2.11. The molecule has 2 N–H and O–H groups in total. The lowest BCUT2D eigenvalue weighted by Crippen LogP contribution is -2.13. The molecule has 1 amide bonds. The monoisotopic (exact) mass is 406 g/mol. The van der Waals surface area contributed by atoms with Crippen LogP contribution in [0.5, 0.6) is 0 Å². The molecule has 0 atom stereocenters. The van der Waals surface area contributed by atoms with Crippen LogP contribution in [0.15, 0.2) is 57.1 Å². The summed E-state index contributed by atoms with van der Waals surface area (Å²) in [6.07, 6.45) is 0.661. The van der Waals surface area contributed by atoms with Gasteiger partial charge in [0.1, 0.15) is 17.3 Å². The Kier molecular flexibility index (Phi) is 5.09. The molecule has 146 valence electrons. The second-order valence-electron chi connectivity index (χ2n) is 6.42. The molecule has 0 bridgehead atoms. The Morgan fingerprint density at radius 2 is 2.07 bits per heavy atom. The largest absolute Gasteiger partial charge is 0.459 e. The molecule has 0 aliphatic rings. The number of thiazole rings is 1. The van der Waals surface area contributed by atoms with E-state index >= 15 is 0 Å². The average Bonchev–Trinajstić information content (AvgIpc) is 3.37. The standard InChI is InChI=1S/C21H18N4O3S/c1-3-14-10-18(26)25-19(22-14)13-5-4-6-15(9-13)23-20(27)16-11-29-21(24-16)17-8-7-12(2)28-17/h4-11H,3H2,1-2H3,(H,23,27)(H,22,25,26). The summed E-state index contributed by atoms with van der Waals surface area (Å²) in [6, 6.07) is 12.3. The highest BCUT2D eigenvalue weighted by Gasteiger charge is 2.14. The van der Waals surface area contributed by atoms with Gasteiger partial charge in [0, 0.05) is 28.4 Å². The van der Waals surface area contributed by atoms with Gasteiger partial charge in [0.2, 0.25) is 0 Å². The van der Waals surface area contributed by atoms with Gasteiger partial charge in [0.25, 0.3) is 11.5 Å². The minimum atomic E-state index is -0.323. The molecule has 3 aromatic heterocycles. The van der Waals surface area contributed by atoms with Crippen molar-refractivity contribution < 1.29 is 9.21 Å². The molecule has 0 saturated heterocycles. The van der Waals surface area contributed by atoms with Gasteiger partial charge in [0.15, 0.2) is 10.8 Å². The maximum atomic E-state index is 12.6. The van der Waals surface area contributed by atoms with Crippen LogP contribution in [0.3, 0.4) is 0 Å². The first-order valence-corrected chi connectivity index (χ1v) is 9.94. The third kappa shape index (κ3) is 4.17. The van der Waals surface area contributed by atoms with Crippen molar-refractivity contribution in [3.05, 3.63) is 75.3 Å². The quantitative estimate of drug-likeness (QED) is 0.515. The molecule has 0 aliphatic carbocycles. The highest BCUT2D eigenvalue weighted by atomic mass is 32.1. The van der Waals surface area contributed by atoms with E-state index in [9.17, 15) is 9.59 Å². The molecular weight excluding hydrogens is 388 g/mol. The number of hydrogen-bond acceptors (Lipinski definition) is 6. The number of anilines is 1. The number of rotatable bonds is 5. The zero-order chi connectivity index (χ0) is 20.4. The summed E-state index contributed by atoms with van der Waals surface area (Å²) >= 11 is 1.35. The maximum absolute atomic E-state index is 12.6. The summed E-state index contributed by atoms with van der Waals surface area (Å²) in [7, 11) is 0. The van der Waals surface area contributed by atoms with Crippen molar-refractivity contribution in [1.29, 1.82) is 0 Å². The van der Waals surface area contributed by atoms with Gasteiger partial charge in [-0.2, -0.15) is 0 Å². The summed E-state index contributed by atoms with van der Waals surface area (Å²) in [4.78, 5) is 36.0. The van der Waals surface area contributed by atoms with E-state index in [1.54, 1.807) is 23.6 Å². The highest BCUT2D eigenvalue weighted by molar-refractivity contribution is 7.13. The van der Waals surface area contributed by atoms with E-state index in [0.717, 1.165) is 5.76 Å². The molecule has 8 heteroatoms. The number of nitrogens with zero attached hydrogens (tertiary/aromatic N) is 2. The van der Waals surface area contributed by atoms with E-state index in [-0.39, 0.29) is 11.5 Å². The molecule has 0 spiro atoms. The summed E-state index contributed by atoms with van der Waals surface area (Å²) in [5.74, 6) is 1.57. The molecule has 0 aliphatic heterocycles. The predicted octanol–water partition coefficient (Wildman–Crippen LogP) is 4.28. The lowest BCUT2D eigenvalue weighted by Gasteiger charge is -2.07. The number of aromatic nitrogens is 3. The number of benzene rings is 1. The number of H-pyrrole nitrogens is 1. The smallest absolute Gasteiger partial charge is 0.275 e. The van der Waals surface area contributed by atoms with Crippen LogP contribution in [0.2, 0.25) is 0 Å². The second kappa shape index (κ2) is 7.84. The topological polar surface area (TPSA) is 101 Å². The maximum Gasteiger partial charge on any atom is 0.275 e. The van der Waals surface area contributed by atoms with Crippen molar-refractivity contribution in [3.8, 4) is 22.2 Å². The van der Waals surface area contributed by atoms with Crippen molar-refractivity contribution in [2.45, 2.75) is 20.3 Å². The van der Waals surface area contributed by atoms with Crippen LogP contribution in [0.4, 0.5) is 5.69 Å². The van der Waals surface area contributed by atoms with Crippen molar-refractivity contribution in [3.63, 3.8) is 0 Å². The van der Waals surface area contributed by atoms with Crippen molar-refractivity contribution in [2.24, 2.45) is 0 Å². The van der Waals surface area contributed by atoms with Gasteiger partial charge in [-0.25, -0.2) is 9.97 Å². The molecule has 4 aromatic rings. The normalized spacial score (nSPS) is 10.8. The Labute approximate surface area is 170 Å². The number of aryl methyl sites for hydroxylation is 2. The summed E-state index contributed by atoms with van der Waals surface area (Å²) < 4.78 is 5.55. The third-order valence-corrected chi connectivity index (χ3v) is 5.10. The SMILES string of the molecule is CCc1cc(=O)[nH]c(-c2cccc(NC(=O)c3csc(-c4ccc(C)o4)n3)c2)n1. The first kappa shape index (κ1) is 18.8. The third-order valence-electron chi connectivity index (χ3n) is 4.24. The summed E-state index contributed by atoms with van der Waals surface area (Å²) in [5, 5.41) is 5.18. The van der Waals surface area contributed by atoms with Crippen LogP contribution >= 0.6 is 11.3 Å². The molecule has 1 aromatic carbocycles. The first-order valence-electron chi connectivity index (χ1n) is 9.06. The molecular formula is C21H18N4O3S. The van der Waals surface area contributed by atoms with Gasteiger partial charge in [-0.3, -0.25) is 9.59 Å². The fourth-order valence-corrected chi connectivity index (χ4v) is 3.57. The molecule has 29 heavy (non-hydrogen) atoms. The Bertz CT molecular complexity index is 1240. The number of aromatic amines is 1. The molecule has 3 heterocycles. The lowest BCUT2D eigenvalue weighted by atomic mass is 10.1. The molecule has 0 fully saturated rings. The molecule has 4 rings (SSSR count). The molecule has 0 radical (unpaired) electrons. The van der Waals surface area contributed by atoms with Gasteiger partial charge in [-0.15, -0.1) is 11.3 Å². The number of carbonyl (C=O) groups excluding carboxylic acids is 1. The Hall–Kier alpha value is -3.52.